The lowest BCUT2D eigenvalue weighted by Gasteiger charge is -2.17. The summed E-state index contributed by atoms with van der Waals surface area (Å²) in [5.41, 5.74) is 0.613. The summed E-state index contributed by atoms with van der Waals surface area (Å²) in [6, 6.07) is 9.59. The van der Waals surface area contributed by atoms with Gasteiger partial charge in [-0.2, -0.15) is 5.26 Å². The molecular formula is C27H30N2O7. The van der Waals surface area contributed by atoms with Gasteiger partial charge in [-0.25, -0.2) is 4.79 Å². The van der Waals surface area contributed by atoms with Crippen molar-refractivity contribution in [3.63, 3.8) is 0 Å². The van der Waals surface area contributed by atoms with Gasteiger partial charge in [0.1, 0.15) is 11.6 Å². The number of hydrogen-bond donors (Lipinski definition) is 1. The summed E-state index contributed by atoms with van der Waals surface area (Å²) in [5, 5.41) is 11.9. The highest BCUT2D eigenvalue weighted by Crippen LogP contribution is 2.39. The van der Waals surface area contributed by atoms with Gasteiger partial charge in [-0.15, -0.1) is 6.58 Å². The van der Waals surface area contributed by atoms with Crippen LogP contribution >= 0.6 is 0 Å². The van der Waals surface area contributed by atoms with Crippen LogP contribution in [0.1, 0.15) is 36.7 Å². The summed E-state index contributed by atoms with van der Waals surface area (Å²) in [4.78, 5) is 25.1. The Balaban J connectivity index is 2.37. The molecular weight excluding hydrogens is 464 g/mol. The summed E-state index contributed by atoms with van der Waals surface area (Å²) < 4.78 is 27.9. The summed E-state index contributed by atoms with van der Waals surface area (Å²) in [6.07, 6.45) is 2.92. The fourth-order valence-corrected chi connectivity index (χ4v) is 3.10. The summed E-state index contributed by atoms with van der Waals surface area (Å²) in [6.45, 7) is 10.4. The Kier molecular flexibility index (Phi) is 10.9. The smallest absolute Gasteiger partial charge is 0.343 e. The average Bonchev–Trinajstić information content (AvgIpc) is 2.88. The fourth-order valence-electron chi connectivity index (χ4n) is 3.10. The molecule has 0 saturated carbocycles. The molecule has 9 nitrogen and oxygen atoms in total. The van der Waals surface area contributed by atoms with Gasteiger partial charge < -0.3 is 29.0 Å². The molecule has 0 heterocycles. The number of rotatable bonds is 13. The van der Waals surface area contributed by atoms with Crippen LogP contribution < -0.4 is 29.0 Å². The van der Waals surface area contributed by atoms with Gasteiger partial charge in [0.2, 0.25) is 5.75 Å². The van der Waals surface area contributed by atoms with E-state index in [1.165, 1.54) is 37.5 Å². The largest absolute Gasteiger partial charge is 0.493 e. The maximum Gasteiger partial charge on any atom is 0.343 e. The molecule has 2 aromatic rings. The van der Waals surface area contributed by atoms with Crippen LogP contribution in [0, 0.1) is 11.3 Å². The molecule has 0 spiro atoms. The van der Waals surface area contributed by atoms with E-state index >= 15 is 0 Å². The maximum absolute atomic E-state index is 13.0. The summed E-state index contributed by atoms with van der Waals surface area (Å²) in [5.74, 6) is 0.338. The van der Waals surface area contributed by atoms with Gasteiger partial charge in [-0.05, 0) is 56.7 Å². The second kappa shape index (κ2) is 14.1. The van der Waals surface area contributed by atoms with Crippen molar-refractivity contribution in [2.24, 2.45) is 0 Å². The molecule has 2 aromatic carbocycles. The number of hydrogen-bond acceptors (Lipinski definition) is 8. The minimum atomic E-state index is -0.664. The van der Waals surface area contributed by atoms with Gasteiger partial charge in [0.05, 0.1) is 32.5 Å². The van der Waals surface area contributed by atoms with E-state index in [2.05, 4.69) is 11.9 Å². The lowest BCUT2D eigenvalue weighted by Crippen LogP contribution is -2.24. The number of amides is 1. The van der Waals surface area contributed by atoms with E-state index in [0.29, 0.717) is 42.6 Å². The van der Waals surface area contributed by atoms with Crippen LogP contribution in [-0.2, 0) is 4.79 Å². The third-order valence-electron chi connectivity index (χ3n) is 4.62. The van der Waals surface area contributed by atoms with E-state index < -0.39 is 11.9 Å². The molecule has 1 N–H and O–H groups in total. The van der Waals surface area contributed by atoms with Crippen molar-refractivity contribution in [3.05, 3.63) is 59.7 Å². The van der Waals surface area contributed by atoms with E-state index in [9.17, 15) is 14.9 Å². The highest BCUT2D eigenvalue weighted by molar-refractivity contribution is 6.01. The van der Waals surface area contributed by atoms with E-state index in [0.717, 1.165) is 0 Å². The van der Waals surface area contributed by atoms with Gasteiger partial charge in [-0.3, -0.25) is 4.79 Å². The van der Waals surface area contributed by atoms with Gasteiger partial charge in [0.15, 0.2) is 23.0 Å². The normalized spacial score (nSPS) is 10.6. The standard InChI is InChI=1S/C27H30N2O7/c1-6-12-29-26(30)20(17-28)13-18-10-11-21(22(14-18)32-5)36-27(31)19-15-23(33-7-2)25(35-9-4)24(16-19)34-8-3/h6,10-11,13-16H,1,7-9,12H2,2-5H3,(H,29,30)/b20-13+. The van der Waals surface area contributed by atoms with Crippen LogP contribution in [-0.4, -0.2) is 45.4 Å². The lowest BCUT2D eigenvalue weighted by molar-refractivity contribution is -0.116. The molecule has 0 saturated heterocycles. The first-order valence-electron chi connectivity index (χ1n) is 11.4. The predicted octanol–water partition coefficient (Wildman–Crippen LogP) is 4.32. The van der Waals surface area contributed by atoms with Crippen molar-refractivity contribution in [2.75, 3.05) is 33.5 Å². The first-order valence-corrected chi connectivity index (χ1v) is 11.4. The lowest BCUT2D eigenvalue weighted by atomic mass is 10.1. The molecule has 36 heavy (non-hydrogen) atoms. The molecule has 0 atom stereocenters. The molecule has 0 aliphatic heterocycles. The fraction of sp³-hybridized carbons (Fsp3) is 0.296. The Labute approximate surface area is 210 Å². The third kappa shape index (κ3) is 7.27. The molecule has 0 unspecified atom stereocenters. The molecule has 9 heteroatoms. The van der Waals surface area contributed by atoms with Crippen molar-refractivity contribution in [1.82, 2.24) is 5.32 Å². The van der Waals surface area contributed by atoms with E-state index in [1.807, 2.05) is 26.8 Å². The molecule has 0 bridgehead atoms. The van der Waals surface area contributed by atoms with Crippen LogP contribution in [0.2, 0.25) is 0 Å². The van der Waals surface area contributed by atoms with Crippen LogP contribution in [0.15, 0.2) is 48.6 Å². The molecule has 1 amide bonds. The number of carbonyl (C=O) groups excluding carboxylic acids is 2. The number of esters is 1. The van der Waals surface area contributed by atoms with Gasteiger partial charge in [-0.1, -0.05) is 12.1 Å². The topological polar surface area (TPSA) is 116 Å². The molecule has 190 valence electrons. The number of nitrogens with zero attached hydrogens (tertiary/aromatic N) is 1. The van der Waals surface area contributed by atoms with E-state index in [-0.39, 0.29) is 29.2 Å². The second-order valence-electron chi connectivity index (χ2n) is 7.07. The Morgan fingerprint density at radius 1 is 0.972 bits per heavy atom. The molecule has 0 aromatic heterocycles. The molecule has 0 fully saturated rings. The Hall–Kier alpha value is -4.45. The van der Waals surface area contributed by atoms with Crippen molar-refractivity contribution >= 4 is 18.0 Å². The summed E-state index contributed by atoms with van der Waals surface area (Å²) in [7, 11) is 1.42. The zero-order chi connectivity index (χ0) is 26.5. The number of nitrogens with one attached hydrogen (secondary N) is 1. The van der Waals surface area contributed by atoms with E-state index in [4.69, 9.17) is 23.7 Å². The SMILES string of the molecule is C=CCNC(=O)/C(C#N)=C/c1ccc(OC(=O)c2cc(OCC)c(OCC)c(OCC)c2)c(OC)c1. The Morgan fingerprint density at radius 3 is 2.14 bits per heavy atom. The third-order valence-corrected chi connectivity index (χ3v) is 4.62. The molecule has 0 radical (unpaired) electrons. The van der Waals surface area contributed by atoms with Crippen LogP contribution in [0.5, 0.6) is 28.7 Å². The van der Waals surface area contributed by atoms with Crippen molar-refractivity contribution in [2.45, 2.75) is 20.8 Å². The molecule has 0 aliphatic rings. The van der Waals surface area contributed by atoms with Crippen LogP contribution in [0.25, 0.3) is 6.08 Å². The summed E-state index contributed by atoms with van der Waals surface area (Å²) >= 11 is 0. The van der Waals surface area contributed by atoms with Gasteiger partial charge in [0.25, 0.3) is 5.91 Å². The zero-order valence-corrected chi connectivity index (χ0v) is 20.9. The number of nitriles is 1. The highest BCUT2D eigenvalue weighted by atomic mass is 16.6. The second-order valence-corrected chi connectivity index (χ2v) is 7.07. The first kappa shape index (κ1) is 27.8. The average molecular weight is 495 g/mol. The van der Waals surface area contributed by atoms with Crippen molar-refractivity contribution in [1.29, 1.82) is 5.26 Å². The monoisotopic (exact) mass is 494 g/mol. The van der Waals surface area contributed by atoms with Crippen molar-refractivity contribution < 1.29 is 33.3 Å². The Morgan fingerprint density at radius 2 is 1.61 bits per heavy atom. The minimum Gasteiger partial charge on any atom is -0.493 e. The van der Waals surface area contributed by atoms with Gasteiger partial charge in [0, 0.05) is 6.54 Å². The number of carbonyl (C=O) groups is 2. The molecule has 2 rings (SSSR count). The number of ether oxygens (including phenoxy) is 5. The Bertz CT molecular complexity index is 1140. The van der Waals surface area contributed by atoms with E-state index in [1.54, 1.807) is 12.1 Å². The first-order chi connectivity index (χ1) is 17.4. The minimum absolute atomic E-state index is 0.0926. The van der Waals surface area contributed by atoms with Crippen molar-refractivity contribution in [3.8, 4) is 34.8 Å². The number of benzene rings is 2. The predicted molar refractivity (Wildman–Crippen MR) is 135 cm³/mol. The zero-order valence-electron chi connectivity index (χ0n) is 20.9. The molecule has 0 aliphatic carbocycles. The highest BCUT2D eigenvalue weighted by Gasteiger charge is 2.21. The van der Waals surface area contributed by atoms with Gasteiger partial charge >= 0.3 is 5.97 Å². The van der Waals surface area contributed by atoms with Crippen LogP contribution in [0.4, 0.5) is 0 Å². The van der Waals surface area contributed by atoms with Crippen LogP contribution in [0.3, 0.4) is 0 Å². The number of methoxy groups -OCH3 is 1. The maximum atomic E-state index is 13.0. The quantitative estimate of drug-likeness (QED) is 0.144.